The van der Waals surface area contributed by atoms with Crippen LogP contribution in [0.25, 0.3) is 5.65 Å². The monoisotopic (exact) mass is 357 g/mol. The molecule has 0 bridgehead atoms. The maximum atomic E-state index is 12.4. The van der Waals surface area contributed by atoms with Crippen molar-refractivity contribution in [1.29, 1.82) is 0 Å². The lowest BCUT2D eigenvalue weighted by atomic mass is 10.2. The molecule has 0 aliphatic carbocycles. The first-order valence-electron chi connectivity index (χ1n) is 7.24. The average molecular weight is 358 g/mol. The third-order valence-electron chi connectivity index (χ3n) is 3.38. The molecule has 2 heterocycles. The van der Waals surface area contributed by atoms with Gasteiger partial charge in [0, 0.05) is 19.2 Å². The molecule has 1 amide bonds. The fraction of sp³-hybridized carbons (Fsp3) is 0.400. The zero-order valence-electron chi connectivity index (χ0n) is 12.6. The van der Waals surface area contributed by atoms with E-state index in [-0.39, 0.29) is 12.3 Å². The molecule has 2 N–H and O–H groups in total. The second-order valence-electron chi connectivity index (χ2n) is 5.21. The van der Waals surface area contributed by atoms with Gasteiger partial charge in [0.25, 0.3) is 5.91 Å². The fourth-order valence-corrected chi connectivity index (χ4v) is 2.84. The van der Waals surface area contributed by atoms with E-state index >= 15 is 0 Å². The summed E-state index contributed by atoms with van der Waals surface area (Å²) in [6.45, 7) is 2.21. The first-order chi connectivity index (χ1) is 10.9. The van der Waals surface area contributed by atoms with Gasteiger partial charge in [-0.05, 0) is 25.8 Å². The molecule has 0 saturated carbocycles. The predicted molar refractivity (Wildman–Crippen MR) is 88.4 cm³/mol. The number of aliphatic carboxylic acids is 1. The summed E-state index contributed by atoms with van der Waals surface area (Å²) in [5.74, 6) is -1.06. The lowest BCUT2D eigenvalue weighted by molar-refractivity contribution is -0.137. The second kappa shape index (κ2) is 7.66. The molecule has 0 aromatic carbocycles. The van der Waals surface area contributed by atoms with Crippen LogP contribution < -0.4 is 5.32 Å². The first kappa shape index (κ1) is 17.6. The molecule has 0 spiro atoms. The Labute approximate surface area is 143 Å². The van der Waals surface area contributed by atoms with Crippen LogP contribution >= 0.6 is 23.2 Å². The summed E-state index contributed by atoms with van der Waals surface area (Å²) in [6, 6.07) is 1.58. The van der Waals surface area contributed by atoms with Gasteiger partial charge in [-0.2, -0.15) is 0 Å². The summed E-state index contributed by atoms with van der Waals surface area (Å²) in [6.07, 6.45) is 3.82. The number of carbonyl (C=O) groups excluding carboxylic acids is 1. The number of nitrogens with one attached hydrogen (secondary N) is 1. The number of carbonyl (C=O) groups is 2. The summed E-state index contributed by atoms with van der Waals surface area (Å²) in [5.41, 5.74) is 1.45. The van der Waals surface area contributed by atoms with Crippen LogP contribution in [0.5, 0.6) is 0 Å². The van der Waals surface area contributed by atoms with Crippen LogP contribution in [-0.2, 0) is 4.79 Å². The number of amides is 1. The number of pyridine rings is 1. The number of unbranched alkanes of at least 4 members (excludes halogenated alkanes) is 2. The van der Waals surface area contributed by atoms with Crippen molar-refractivity contribution in [3.05, 3.63) is 33.7 Å². The highest BCUT2D eigenvalue weighted by molar-refractivity contribution is 6.36. The molecule has 0 atom stereocenters. The second-order valence-corrected chi connectivity index (χ2v) is 6.05. The van der Waals surface area contributed by atoms with Crippen molar-refractivity contribution >= 4 is 40.7 Å². The van der Waals surface area contributed by atoms with Crippen LogP contribution in [-0.4, -0.2) is 32.9 Å². The van der Waals surface area contributed by atoms with E-state index in [2.05, 4.69) is 10.3 Å². The molecular weight excluding hydrogens is 341 g/mol. The number of aryl methyl sites for hydroxylation is 1. The van der Waals surface area contributed by atoms with Crippen LogP contribution in [0, 0.1) is 6.92 Å². The SMILES string of the molecule is Cc1nc2c(Cl)cc(Cl)cn2c1C(=O)NCCCCCC(=O)O. The third-order valence-corrected chi connectivity index (χ3v) is 3.87. The molecule has 8 heteroatoms. The van der Waals surface area contributed by atoms with Crippen molar-refractivity contribution in [2.45, 2.75) is 32.6 Å². The summed E-state index contributed by atoms with van der Waals surface area (Å²) < 4.78 is 1.58. The quantitative estimate of drug-likeness (QED) is 0.744. The number of carboxylic acids is 1. The zero-order valence-corrected chi connectivity index (χ0v) is 14.1. The lowest BCUT2D eigenvalue weighted by Gasteiger charge is -2.06. The van der Waals surface area contributed by atoms with E-state index in [0.717, 1.165) is 12.8 Å². The van der Waals surface area contributed by atoms with E-state index in [1.807, 2.05) is 0 Å². The molecule has 2 aromatic rings. The summed E-state index contributed by atoms with van der Waals surface area (Å²) >= 11 is 12.1. The maximum Gasteiger partial charge on any atom is 0.303 e. The van der Waals surface area contributed by atoms with Crippen molar-refractivity contribution < 1.29 is 14.7 Å². The molecule has 0 radical (unpaired) electrons. The molecule has 0 unspecified atom stereocenters. The largest absolute Gasteiger partial charge is 0.481 e. The van der Waals surface area contributed by atoms with E-state index in [4.69, 9.17) is 28.3 Å². The van der Waals surface area contributed by atoms with Gasteiger partial charge in [-0.1, -0.05) is 29.6 Å². The summed E-state index contributed by atoms with van der Waals surface area (Å²) in [7, 11) is 0. The summed E-state index contributed by atoms with van der Waals surface area (Å²) in [4.78, 5) is 27.1. The minimum absolute atomic E-state index is 0.150. The van der Waals surface area contributed by atoms with Crippen molar-refractivity contribution in [3.8, 4) is 0 Å². The molecule has 124 valence electrons. The highest BCUT2D eigenvalue weighted by Crippen LogP contribution is 2.24. The standard InChI is InChI=1S/C15H17Cl2N3O3/c1-9-13(15(23)18-6-4-2-3-5-12(21)22)20-8-10(16)7-11(17)14(20)19-9/h7-8H,2-6H2,1H3,(H,18,23)(H,21,22). The van der Waals surface area contributed by atoms with Gasteiger partial charge in [-0.15, -0.1) is 0 Å². The molecule has 6 nitrogen and oxygen atoms in total. The predicted octanol–water partition coefficient (Wildman–Crippen LogP) is 3.32. The summed E-state index contributed by atoms with van der Waals surface area (Å²) in [5, 5.41) is 12.2. The van der Waals surface area contributed by atoms with Crippen LogP contribution in [0.1, 0.15) is 41.9 Å². The van der Waals surface area contributed by atoms with Gasteiger partial charge in [0.2, 0.25) is 0 Å². The minimum Gasteiger partial charge on any atom is -0.481 e. The van der Waals surface area contributed by atoms with Gasteiger partial charge in [0.15, 0.2) is 5.65 Å². The van der Waals surface area contributed by atoms with E-state index in [0.29, 0.717) is 40.0 Å². The van der Waals surface area contributed by atoms with E-state index in [1.54, 1.807) is 23.6 Å². The number of carboxylic acid groups (broad SMARTS) is 1. The normalized spacial score (nSPS) is 10.9. The minimum atomic E-state index is -0.802. The Kier molecular flexibility index (Phi) is 5.85. The number of rotatable bonds is 7. The topological polar surface area (TPSA) is 83.7 Å². The smallest absolute Gasteiger partial charge is 0.303 e. The van der Waals surface area contributed by atoms with Crippen LogP contribution in [0.3, 0.4) is 0 Å². The molecule has 0 saturated heterocycles. The Morgan fingerprint density at radius 3 is 2.74 bits per heavy atom. The Morgan fingerprint density at radius 2 is 2.04 bits per heavy atom. The van der Waals surface area contributed by atoms with Gasteiger partial charge >= 0.3 is 5.97 Å². The zero-order chi connectivity index (χ0) is 17.0. The molecule has 23 heavy (non-hydrogen) atoms. The van der Waals surface area contributed by atoms with Crippen LogP contribution in [0.2, 0.25) is 10.0 Å². The Balaban J connectivity index is 2.01. The van der Waals surface area contributed by atoms with Gasteiger partial charge in [0.1, 0.15) is 5.69 Å². The number of hydrogen-bond acceptors (Lipinski definition) is 3. The van der Waals surface area contributed by atoms with Crippen LogP contribution in [0.15, 0.2) is 12.3 Å². The van der Waals surface area contributed by atoms with Crippen molar-refractivity contribution in [1.82, 2.24) is 14.7 Å². The van der Waals surface area contributed by atoms with E-state index in [9.17, 15) is 9.59 Å². The molecule has 2 aromatic heterocycles. The van der Waals surface area contributed by atoms with Crippen molar-refractivity contribution in [2.24, 2.45) is 0 Å². The Morgan fingerprint density at radius 1 is 1.30 bits per heavy atom. The molecule has 2 rings (SSSR count). The number of aromatic nitrogens is 2. The number of hydrogen-bond donors (Lipinski definition) is 2. The molecular formula is C15H17Cl2N3O3. The molecule has 0 fully saturated rings. The highest BCUT2D eigenvalue weighted by atomic mass is 35.5. The number of halogens is 2. The number of nitrogens with zero attached hydrogens (tertiary/aromatic N) is 2. The van der Waals surface area contributed by atoms with Crippen LogP contribution in [0.4, 0.5) is 0 Å². The average Bonchev–Trinajstić information content (AvgIpc) is 2.78. The molecule has 0 aliphatic rings. The maximum absolute atomic E-state index is 12.4. The van der Waals surface area contributed by atoms with Gasteiger partial charge in [-0.3, -0.25) is 14.0 Å². The van der Waals surface area contributed by atoms with E-state index < -0.39 is 5.97 Å². The van der Waals surface area contributed by atoms with Gasteiger partial charge < -0.3 is 10.4 Å². The molecule has 0 aliphatic heterocycles. The third kappa shape index (κ3) is 4.36. The Hall–Kier alpha value is -1.79. The van der Waals surface area contributed by atoms with Crippen molar-refractivity contribution in [3.63, 3.8) is 0 Å². The number of fused-ring (bicyclic) bond motifs is 1. The Bertz CT molecular complexity index is 743. The lowest BCUT2D eigenvalue weighted by Crippen LogP contribution is -2.26. The van der Waals surface area contributed by atoms with Gasteiger partial charge in [-0.25, -0.2) is 4.98 Å². The first-order valence-corrected chi connectivity index (χ1v) is 7.99. The fourth-order valence-electron chi connectivity index (χ4n) is 2.32. The van der Waals surface area contributed by atoms with E-state index in [1.165, 1.54) is 0 Å². The highest BCUT2D eigenvalue weighted by Gasteiger charge is 2.18. The van der Waals surface area contributed by atoms with Crippen molar-refractivity contribution in [2.75, 3.05) is 6.54 Å². The number of imidazole rings is 1. The van der Waals surface area contributed by atoms with Gasteiger partial charge in [0.05, 0.1) is 15.7 Å².